The highest BCUT2D eigenvalue weighted by Crippen LogP contribution is 2.42. The molecule has 2 aromatic rings. The molecule has 0 radical (unpaired) electrons. The molecule has 3 N–H and O–H groups in total. The second kappa shape index (κ2) is 6.25. The molecule has 2 heterocycles. The van der Waals surface area contributed by atoms with Crippen molar-refractivity contribution in [2.45, 2.75) is 6.54 Å². The SMILES string of the molecule is COC(=O)c1sc(NCc2ccncc2)c(OC)c1N. The maximum absolute atomic E-state index is 11.6. The zero-order valence-electron chi connectivity index (χ0n) is 11.2. The molecule has 0 spiro atoms. The zero-order valence-corrected chi connectivity index (χ0v) is 12.0. The fourth-order valence-electron chi connectivity index (χ4n) is 1.68. The Balaban J connectivity index is 2.21. The molecule has 7 heteroatoms. The molecule has 106 valence electrons. The van der Waals surface area contributed by atoms with Crippen LogP contribution in [0.2, 0.25) is 0 Å². The number of hydrogen-bond donors (Lipinski definition) is 2. The van der Waals surface area contributed by atoms with Gasteiger partial charge in [0.15, 0.2) is 5.75 Å². The Bertz CT molecular complexity index is 598. The van der Waals surface area contributed by atoms with Crippen molar-refractivity contribution in [3.05, 3.63) is 35.0 Å². The lowest BCUT2D eigenvalue weighted by molar-refractivity contribution is 0.0607. The predicted octanol–water partition coefficient (Wildman–Crippen LogP) is 2.13. The van der Waals surface area contributed by atoms with Gasteiger partial charge >= 0.3 is 5.97 Å². The van der Waals surface area contributed by atoms with Gasteiger partial charge in [-0.15, -0.1) is 11.3 Å². The maximum Gasteiger partial charge on any atom is 0.350 e. The number of nitrogen functional groups attached to an aromatic ring is 1. The summed E-state index contributed by atoms with van der Waals surface area (Å²) in [5.74, 6) is -0.00721. The quantitative estimate of drug-likeness (QED) is 0.821. The molecule has 6 nitrogen and oxygen atoms in total. The molecule has 0 bridgehead atoms. The zero-order chi connectivity index (χ0) is 14.5. The van der Waals surface area contributed by atoms with E-state index in [1.54, 1.807) is 12.4 Å². The number of anilines is 2. The van der Waals surface area contributed by atoms with E-state index in [-0.39, 0.29) is 0 Å². The molecule has 0 aromatic carbocycles. The van der Waals surface area contributed by atoms with Crippen molar-refractivity contribution < 1.29 is 14.3 Å². The largest absolute Gasteiger partial charge is 0.492 e. The van der Waals surface area contributed by atoms with Gasteiger partial charge in [-0.25, -0.2) is 4.79 Å². The predicted molar refractivity (Wildman–Crippen MR) is 78.2 cm³/mol. The minimum Gasteiger partial charge on any atom is -0.492 e. The molecule has 0 atom stereocenters. The molecule has 0 aliphatic carbocycles. The van der Waals surface area contributed by atoms with Gasteiger partial charge in [0.25, 0.3) is 0 Å². The molecule has 0 aliphatic rings. The Morgan fingerprint density at radius 2 is 2.10 bits per heavy atom. The van der Waals surface area contributed by atoms with Crippen LogP contribution in [0.4, 0.5) is 10.7 Å². The van der Waals surface area contributed by atoms with Crippen molar-refractivity contribution in [3.63, 3.8) is 0 Å². The summed E-state index contributed by atoms with van der Waals surface area (Å²) in [7, 11) is 2.83. The third-order valence-corrected chi connectivity index (χ3v) is 3.80. The fourth-order valence-corrected chi connectivity index (χ4v) is 2.68. The van der Waals surface area contributed by atoms with Crippen molar-refractivity contribution >= 4 is 28.0 Å². The van der Waals surface area contributed by atoms with Crippen LogP contribution >= 0.6 is 11.3 Å². The third kappa shape index (κ3) is 2.83. The van der Waals surface area contributed by atoms with Crippen molar-refractivity contribution in [2.24, 2.45) is 0 Å². The van der Waals surface area contributed by atoms with Gasteiger partial charge in [0.05, 0.1) is 14.2 Å². The van der Waals surface area contributed by atoms with Crippen molar-refractivity contribution in [1.29, 1.82) is 0 Å². The minimum absolute atomic E-state index is 0.293. The van der Waals surface area contributed by atoms with Gasteiger partial charge in [0.1, 0.15) is 15.6 Å². The number of nitrogens with zero attached hydrogens (tertiary/aromatic N) is 1. The van der Waals surface area contributed by atoms with Crippen LogP contribution in [0.3, 0.4) is 0 Å². The van der Waals surface area contributed by atoms with E-state index in [2.05, 4.69) is 10.3 Å². The molecule has 0 aliphatic heterocycles. The number of nitrogens with two attached hydrogens (primary N) is 1. The Morgan fingerprint density at radius 3 is 2.70 bits per heavy atom. The van der Waals surface area contributed by atoms with Gasteiger partial charge in [-0.2, -0.15) is 0 Å². The highest BCUT2D eigenvalue weighted by molar-refractivity contribution is 7.19. The molecule has 0 saturated heterocycles. The smallest absolute Gasteiger partial charge is 0.350 e. The van der Waals surface area contributed by atoms with Gasteiger partial charge in [-0.05, 0) is 17.7 Å². The number of carbonyl (C=O) groups excluding carboxylic acids is 1. The van der Waals surface area contributed by atoms with Crippen LogP contribution in [-0.4, -0.2) is 25.2 Å². The molecule has 0 saturated carbocycles. The first kappa shape index (κ1) is 14.1. The monoisotopic (exact) mass is 293 g/mol. The Morgan fingerprint density at radius 1 is 1.40 bits per heavy atom. The van der Waals surface area contributed by atoms with Crippen LogP contribution in [-0.2, 0) is 11.3 Å². The second-order valence-corrected chi connectivity index (χ2v) is 4.93. The number of nitrogens with one attached hydrogen (secondary N) is 1. The standard InChI is InChI=1S/C13H15N3O3S/c1-18-10-9(14)11(13(17)19-2)20-12(10)16-7-8-3-5-15-6-4-8/h3-6,16H,7,14H2,1-2H3. The summed E-state index contributed by atoms with van der Waals surface area (Å²) < 4.78 is 9.94. The van der Waals surface area contributed by atoms with E-state index in [0.717, 1.165) is 5.56 Å². The van der Waals surface area contributed by atoms with E-state index in [9.17, 15) is 4.79 Å². The van der Waals surface area contributed by atoms with Crippen molar-refractivity contribution in [1.82, 2.24) is 4.98 Å². The molecular weight excluding hydrogens is 278 g/mol. The average Bonchev–Trinajstić information content (AvgIpc) is 2.81. The number of carbonyl (C=O) groups is 1. The number of methoxy groups -OCH3 is 2. The van der Waals surface area contributed by atoms with Crippen LogP contribution in [0, 0.1) is 0 Å². The Labute approximate surface area is 120 Å². The number of rotatable bonds is 5. The first-order valence-electron chi connectivity index (χ1n) is 5.84. The number of aromatic nitrogens is 1. The first-order valence-corrected chi connectivity index (χ1v) is 6.66. The van der Waals surface area contributed by atoms with E-state index < -0.39 is 5.97 Å². The summed E-state index contributed by atoms with van der Waals surface area (Å²) in [6.45, 7) is 0.583. The second-order valence-electron chi connectivity index (χ2n) is 3.91. The molecule has 0 fully saturated rings. The van der Waals surface area contributed by atoms with Gasteiger partial charge in [0.2, 0.25) is 0 Å². The maximum atomic E-state index is 11.6. The van der Waals surface area contributed by atoms with Gasteiger partial charge in [-0.1, -0.05) is 0 Å². The summed E-state index contributed by atoms with van der Waals surface area (Å²) in [4.78, 5) is 15.9. The summed E-state index contributed by atoms with van der Waals surface area (Å²) in [6, 6.07) is 3.80. The Kier molecular flexibility index (Phi) is 4.41. The molecule has 20 heavy (non-hydrogen) atoms. The lowest BCUT2D eigenvalue weighted by Crippen LogP contribution is -2.02. The van der Waals surface area contributed by atoms with E-state index in [1.165, 1.54) is 25.6 Å². The third-order valence-electron chi connectivity index (χ3n) is 2.68. The lowest BCUT2D eigenvalue weighted by Gasteiger charge is -2.06. The van der Waals surface area contributed by atoms with Crippen LogP contribution in [0.25, 0.3) is 0 Å². The fraction of sp³-hybridized carbons (Fsp3) is 0.231. The minimum atomic E-state index is -0.470. The molecule has 0 amide bonds. The van der Waals surface area contributed by atoms with E-state index >= 15 is 0 Å². The highest BCUT2D eigenvalue weighted by atomic mass is 32.1. The van der Waals surface area contributed by atoms with Crippen molar-refractivity contribution in [3.8, 4) is 5.75 Å². The lowest BCUT2D eigenvalue weighted by atomic mass is 10.3. The van der Waals surface area contributed by atoms with Gasteiger partial charge in [0, 0.05) is 18.9 Å². The topological polar surface area (TPSA) is 86.5 Å². The Hall–Kier alpha value is -2.28. The van der Waals surface area contributed by atoms with Crippen LogP contribution < -0.4 is 15.8 Å². The van der Waals surface area contributed by atoms with E-state index in [0.29, 0.717) is 27.9 Å². The number of ether oxygens (including phenoxy) is 2. The summed E-state index contributed by atoms with van der Waals surface area (Å²) in [5, 5.41) is 3.90. The average molecular weight is 293 g/mol. The first-order chi connectivity index (χ1) is 9.67. The number of pyridine rings is 1. The van der Waals surface area contributed by atoms with E-state index in [4.69, 9.17) is 15.2 Å². The summed E-state index contributed by atoms with van der Waals surface area (Å²) in [5.41, 5.74) is 7.25. The van der Waals surface area contributed by atoms with Crippen LogP contribution in [0.5, 0.6) is 5.75 Å². The highest BCUT2D eigenvalue weighted by Gasteiger charge is 2.22. The molecule has 2 aromatic heterocycles. The molecule has 2 rings (SSSR count). The number of hydrogen-bond acceptors (Lipinski definition) is 7. The van der Waals surface area contributed by atoms with Gasteiger partial charge in [-0.3, -0.25) is 4.98 Å². The van der Waals surface area contributed by atoms with Crippen molar-refractivity contribution in [2.75, 3.05) is 25.3 Å². The van der Waals surface area contributed by atoms with E-state index in [1.807, 2.05) is 12.1 Å². The van der Waals surface area contributed by atoms with Crippen LogP contribution in [0.1, 0.15) is 15.2 Å². The number of thiophene rings is 1. The normalized spacial score (nSPS) is 10.1. The summed E-state index contributed by atoms with van der Waals surface area (Å²) in [6.07, 6.45) is 3.44. The van der Waals surface area contributed by atoms with Crippen LogP contribution in [0.15, 0.2) is 24.5 Å². The van der Waals surface area contributed by atoms with Gasteiger partial charge < -0.3 is 20.5 Å². The summed E-state index contributed by atoms with van der Waals surface area (Å²) >= 11 is 1.21. The number of esters is 1. The molecule has 0 unspecified atom stereocenters. The molecular formula is C13H15N3O3S.